The summed E-state index contributed by atoms with van der Waals surface area (Å²) in [5, 5.41) is 44.7. The molecule has 220 valence electrons. The quantitative estimate of drug-likeness (QED) is 0.339. The Morgan fingerprint density at radius 3 is 2.45 bits per heavy atom. The lowest BCUT2D eigenvalue weighted by atomic mass is 9.59. The maximum Gasteiger partial charge on any atom is 0.255 e. The molecule has 1 amide bonds. The van der Waals surface area contributed by atoms with Crippen LogP contribution in [0.25, 0.3) is 16.9 Å². The number of benzene rings is 2. The third-order valence-electron chi connectivity index (χ3n) is 9.65. The third-order valence-corrected chi connectivity index (χ3v) is 9.65. The van der Waals surface area contributed by atoms with Crippen LogP contribution in [-0.4, -0.2) is 61.5 Å². The largest absolute Gasteiger partial charge is 0.508 e. The number of phenolic OH excluding ortho intramolecular Hbond substituents is 1. The van der Waals surface area contributed by atoms with Gasteiger partial charge in [0.05, 0.1) is 5.56 Å². The molecular formula is C33H36N2O7. The number of phenols is 1. The molecular weight excluding hydrogens is 536 g/mol. The van der Waals surface area contributed by atoms with Crippen LogP contribution in [0.1, 0.15) is 61.3 Å². The Bertz CT molecular complexity index is 1580. The van der Waals surface area contributed by atoms with Gasteiger partial charge in [-0.05, 0) is 91.1 Å². The monoisotopic (exact) mass is 572 g/mol. The number of aromatic hydroxyl groups is 1. The van der Waals surface area contributed by atoms with Gasteiger partial charge in [-0.1, -0.05) is 31.5 Å². The Labute approximate surface area is 244 Å². The molecule has 0 spiro atoms. The second-order valence-corrected chi connectivity index (χ2v) is 12.1. The van der Waals surface area contributed by atoms with Gasteiger partial charge in [-0.25, -0.2) is 0 Å². The van der Waals surface area contributed by atoms with Crippen LogP contribution in [0.15, 0.2) is 47.2 Å². The van der Waals surface area contributed by atoms with E-state index in [1.807, 2.05) is 6.07 Å². The second kappa shape index (κ2) is 10.4. The number of hydrogen-bond acceptors (Lipinski definition) is 8. The van der Waals surface area contributed by atoms with E-state index in [0.29, 0.717) is 5.56 Å². The Balaban J connectivity index is 1.47. The number of aliphatic hydroxyl groups excluding tert-OH is 2. The highest BCUT2D eigenvalue weighted by Gasteiger charge is 2.60. The number of aryl methyl sites for hydroxylation is 1. The average molecular weight is 573 g/mol. The van der Waals surface area contributed by atoms with Crippen molar-refractivity contribution >= 4 is 23.2 Å². The van der Waals surface area contributed by atoms with Gasteiger partial charge in [0.15, 0.2) is 11.4 Å². The summed E-state index contributed by atoms with van der Waals surface area (Å²) in [6.45, 7) is 5.05. The molecule has 0 bridgehead atoms. The van der Waals surface area contributed by atoms with Crippen LogP contribution in [-0.2, 0) is 33.8 Å². The molecule has 2 aromatic carbocycles. The van der Waals surface area contributed by atoms with Gasteiger partial charge < -0.3 is 26.2 Å². The number of carbonyl (C=O) groups is 3. The molecule has 42 heavy (non-hydrogen) atoms. The predicted octanol–water partition coefficient (Wildman–Crippen LogP) is 3.64. The lowest BCUT2D eigenvalue weighted by molar-refractivity contribution is -0.147. The maximum atomic E-state index is 13.8. The number of ketones is 2. The summed E-state index contributed by atoms with van der Waals surface area (Å²) in [7, 11) is 0. The number of hydrogen-bond donors (Lipinski definition) is 5. The van der Waals surface area contributed by atoms with Crippen LogP contribution in [0, 0.1) is 11.8 Å². The molecule has 1 aliphatic heterocycles. The van der Waals surface area contributed by atoms with E-state index in [0.717, 1.165) is 42.7 Å². The van der Waals surface area contributed by atoms with Gasteiger partial charge in [-0.3, -0.25) is 19.3 Å². The zero-order valence-electron chi connectivity index (χ0n) is 23.7. The number of rotatable bonds is 5. The summed E-state index contributed by atoms with van der Waals surface area (Å²) in [5.74, 6) is -6.27. The number of primary amides is 1. The predicted molar refractivity (Wildman–Crippen MR) is 155 cm³/mol. The van der Waals surface area contributed by atoms with Gasteiger partial charge in [0, 0.05) is 24.5 Å². The summed E-state index contributed by atoms with van der Waals surface area (Å²) >= 11 is 0. The fourth-order valence-corrected chi connectivity index (χ4v) is 7.53. The molecule has 1 saturated carbocycles. The van der Waals surface area contributed by atoms with Gasteiger partial charge in [0.2, 0.25) is 5.78 Å². The number of fused-ring (bicyclic) bond motifs is 3. The fraction of sp³-hybridized carbons (Fsp3) is 0.424. The molecule has 2 unspecified atom stereocenters. The Hall–Kier alpha value is -3.95. The first-order valence-electron chi connectivity index (χ1n) is 14.7. The summed E-state index contributed by atoms with van der Waals surface area (Å²) in [6, 6.07) is 9.79. The van der Waals surface area contributed by atoms with Crippen LogP contribution in [0.3, 0.4) is 0 Å². The van der Waals surface area contributed by atoms with Crippen LogP contribution in [0.5, 0.6) is 5.75 Å². The first-order chi connectivity index (χ1) is 20.1. The van der Waals surface area contributed by atoms with E-state index in [-0.39, 0.29) is 36.1 Å². The molecule has 3 aliphatic carbocycles. The molecule has 2 fully saturated rings. The van der Waals surface area contributed by atoms with Gasteiger partial charge in [-0.2, -0.15) is 0 Å². The van der Waals surface area contributed by atoms with E-state index in [9.17, 15) is 34.8 Å². The van der Waals surface area contributed by atoms with Crippen molar-refractivity contribution in [3.8, 4) is 16.9 Å². The van der Waals surface area contributed by atoms with E-state index in [1.54, 1.807) is 0 Å². The van der Waals surface area contributed by atoms with E-state index in [4.69, 9.17) is 5.73 Å². The molecule has 9 nitrogen and oxygen atoms in total. The molecule has 0 radical (unpaired) electrons. The zero-order chi connectivity index (χ0) is 29.9. The molecule has 4 aliphatic rings. The Kier molecular flexibility index (Phi) is 6.98. The minimum absolute atomic E-state index is 0.105. The van der Waals surface area contributed by atoms with Crippen molar-refractivity contribution < 1.29 is 34.8 Å². The van der Waals surface area contributed by atoms with Crippen molar-refractivity contribution in [3.05, 3.63) is 69.5 Å². The van der Waals surface area contributed by atoms with Crippen molar-refractivity contribution in [2.24, 2.45) is 17.6 Å². The number of carbonyl (C=O) groups excluding carboxylic acids is 3. The fourth-order valence-electron chi connectivity index (χ4n) is 7.53. The van der Waals surface area contributed by atoms with Gasteiger partial charge in [-0.15, -0.1) is 0 Å². The number of Topliss-reactive ketones (excluding diaryl/α,β-unsaturated/α-hetero) is 2. The highest BCUT2D eigenvalue weighted by molar-refractivity contribution is 6.22. The van der Waals surface area contributed by atoms with Crippen LogP contribution < -0.4 is 5.73 Å². The number of likely N-dealkylation sites (tertiary alicyclic amines) is 1. The highest BCUT2D eigenvalue weighted by atomic mass is 16.3. The van der Waals surface area contributed by atoms with Crippen LogP contribution in [0.4, 0.5) is 0 Å². The number of amides is 1. The molecule has 6 N–H and O–H groups in total. The van der Waals surface area contributed by atoms with Crippen molar-refractivity contribution in [2.45, 2.75) is 64.0 Å². The molecule has 1 saturated heterocycles. The van der Waals surface area contributed by atoms with Crippen molar-refractivity contribution in [2.75, 3.05) is 13.1 Å². The SMILES string of the molecule is CCc1ccc(CN2CCCCC2)cc1-c1ccc(O)c2c1CC1CC3CC(=O)C(C(N)=O)=C(O)[C@@]3(O)C(=O)C1=C2O. The molecule has 2 aromatic rings. The van der Waals surface area contributed by atoms with Crippen molar-refractivity contribution in [3.63, 3.8) is 0 Å². The third kappa shape index (κ3) is 4.25. The van der Waals surface area contributed by atoms with Gasteiger partial charge in [0.1, 0.15) is 22.8 Å². The van der Waals surface area contributed by atoms with E-state index < -0.39 is 52.0 Å². The first-order valence-corrected chi connectivity index (χ1v) is 14.7. The summed E-state index contributed by atoms with van der Waals surface area (Å²) < 4.78 is 0. The van der Waals surface area contributed by atoms with Crippen LogP contribution >= 0.6 is 0 Å². The Morgan fingerprint density at radius 1 is 1.02 bits per heavy atom. The second-order valence-electron chi connectivity index (χ2n) is 12.1. The standard InChI is InChI=1S/C33H36N2O7/c1-2-18-7-6-17(16-35-10-4-3-5-11-35)12-22(18)21-8-9-24(36)27-23(21)14-19-13-20-15-25(37)28(32(34)41)31(40)33(20,42)30(39)26(19)29(27)38/h6-9,12,19-20,36,38,40,42H,2-5,10-11,13-16H2,1H3,(H2,34,41)/t19?,20?,33-/m0/s1. The molecule has 3 atom stereocenters. The summed E-state index contributed by atoms with van der Waals surface area (Å²) in [6.07, 6.45) is 4.46. The molecule has 9 heteroatoms. The molecule has 0 aromatic heterocycles. The number of nitrogens with zero attached hydrogens (tertiary/aromatic N) is 1. The van der Waals surface area contributed by atoms with Gasteiger partial charge >= 0.3 is 0 Å². The lowest BCUT2D eigenvalue weighted by Gasteiger charge is -2.46. The zero-order valence-corrected chi connectivity index (χ0v) is 23.7. The molecule has 1 heterocycles. The minimum Gasteiger partial charge on any atom is -0.508 e. The first kappa shape index (κ1) is 28.2. The number of piperidine rings is 1. The van der Waals surface area contributed by atoms with Gasteiger partial charge in [0.25, 0.3) is 5.91 Å². The smallest absolute Gasteiger partial charge is 0.255 e. The maximum absolute atomic E-state index is 13.8. The minimum atomic E-state index is -2.57. The normalized spacial score (nSPS) is 26.1. The number of nitrogens with two attached hydrogens (primary N) is 1. The van der Waals surface area contributed by atoms with Crippen LogP contribution in [0.2, 0.25) is 0 Å². The lowest BCUT2D eigenvalue weighted by Crippen LogP contribution is -2.58. The van der Waals surface area contributed by atoms with E-state index in [2.05, 4.69) is 30.0 Å². The summed E-state index contributed by atoms with van der Waals surface area (Å²) in [4.78, 5) is 40.8. The van der Waals surface area contributed by atoms with Crippen molar-refractivity contribution in [1.82, 2.24) is 4.90 Å². The van der Waals surface area contributed by atoms with Crippen molar-refractivity contribution in [1.29, 1.82) is 0 Å². The highest BCUT2D eigenvalue weighted by Crippen LogP contribution is 2.53. The molecule has 6 rings (SSSR count). The van der Waals surface area contributed by atoms with E-state index >= 15 is 0 Å². The summed E-state index contributed by atoms with van der Waals surface area (Å²) in [5.41, 5.74) is 6.71. The topological polar surface area (TPSA) is 161 Å². The Morgan fingerprint density at radius 2 is 1.76 bits per heavy atom. The van der Waals surface area contributed by atoms with E-state index in [1.165, 1.54) is 30.9 Å². The average Bonchev–Trinajstić information content (AvgIpc) is 2.95. The number of aliphatic hydroxyl groups is 3.